The average molecular weight is 374 g/mol. The normalized spacial score (nSPS) is 11.7. The van der Waals surface area contributed by atoms with Crippen LogP contribution in [0.5, 0.6) is 0 Å². The fraction of sp³-hybridized carbons (Fsp3) is 0.304. The van der Waals surface area contributed by atoms with Gasteiger partial charge in [0.2, 0.25) is 0 Å². The van der Waals surface area contributed by atoms with Crippen molar-refractivity contribution in [3.8, 4) is 0 Å². The van der Waals surface area contributed by atoms with Gasteiger partial charge in [-0.05, 0) is 36.6 Å². The zero-order chi connectivity index (χ0) is 19.7. The average Bonchev–Trinajstić information content (AvgIpc) is 3.17. The first-order valence-corrected chi connectivity index (χ1v) is 9.83. The molecule has 0 radical (unpaired) electrons. The number of hydrogen-bond acceptors (Lipinski definition) is 2. The Labute approximate surface area is 164 Å². The minimum atomic E-state index is -0.0245. The van der Waals surface area contributed by atoms with Crippen LogP contribution in [0.4, 0.5) is 0 Å². The second-order valence-corrected chi connectivity index (χ2v) is 7.61. The molecule has 0 saturated carbocycles. The van der Waals surface area contributed by atoms with Gasteiger partial charge in [-0.1, -0.05) is 44.2 Å². The van der Waals surface area contributed by atoms with E-state index in [1.807, 2.05) is 47.0 Å². The molecule has 0 aliphatic heterocycles. The summed E-state index contributed by atoms with van der Waals surface area (Å²) in [6.45, 7) is 10.1. The van der Waals surface area contributed by atoms with Crippen LogP contribution in [-0.4, -0.2) is 18.7 Å². The van der Waals surface area contributed by atoms with Crippen molar-refractivity contribution in [3.05, 3.63) is 77.5 Å². The van der Waals surface area contributed by atoms with Crippen molar-refractivity contribution in [2.75, 3.05) is 0 Å². The summed E-state index contributed by atoms with van der Waals surface area (Å²) in [6, 6.07) is 16.1. The maximum absolute atomic E-state index is 13.1. The molecule has 0 N–H and O–H groups in total. The SMILES string of the molecule is C=CCn1c(=O)n(Cc2nc3ccccc3n2CCC(C)C)c2ccccc21. The van der Waals surface area contributed by atoms with Crippen LogP contribution in [0.15, 0.2) is 66.0 Å². The van der Waals surface area contributed by atoms with E-state index in [9.17, 15) is 4.79 Å². The van der Waals surface area contributed by atoms with Gasteiger partial charge >= 0.3 is 5.69 Å². The Bertz CT molecular complexity index is 1190. The van der Waals surface area contributed by atoms with E-state index in [4.69, 9.17) is 4.98 Å². The highest BCUT2D eigenvalue weighted by atomic mass is 16.1. The summed E-state index contributed by atoms with van der Waals surface area (Å²) < 4.78 is 5.86. The summed E-state index contributed by atoms with van der Waals surface area (Å²) in [6.07, 6.45) is 2.83. The zero-order valence-electron chi connectivity index (χ0n) is 16.5. The molecule has 0 fully saturated rings. The molecule has 4 rings (SSSR count). The number of hydrogen-bond donors (Lipinski definition) is 0. The summed E-state index contributed by atoms with van der Waals surface area (Å²) >= 11 is 0. The molecule has 5 nitrogen and oxygen atoms in total. The van der Waals surface area contributed by atoms with Gasteiger partial charge < -0.3 is 4.57 Å². The molecule has 0 spiro atoms. The fourth-order valence-electron chi connectivity index (χ4n) is 3.76. The number of para-hydroxylation sites is 4. The molecule has 2 aromatic carbocycles. The monoisotopic (exact) mass is 374 g/mol. The minimum absolute atomic E-state index is 0.0245. The largest absolute Gasteiger partial charge is 0.329 e. The van der Waals surface area contributed by atoms with E-state index < -0.39 is 0 Å². The summed E-state index contributed by atoms with van der Waals surface area (Å²) in [4.78, 5) is 18.0. The van der Waals surface area contributed by atoms with Gasteiger partial charge in [0.05, 0.1) is 28.6 Å². The fourth-order valence-corrected chi connectivity index (χ4v) is 3.76. The van der Waals surface area contributed by atoms with Crippen molar-refractivity contribution in [2.24, 2.45) is 5.92 Å². The first-order valence-electron chi connectivity index (χ1n) is 9.83. The van der Waals surface area contributed by atoms with Crippen LogP contribution in [0.1, 0.15) is 26.1 Å². The Morgan fingerprint density at radius 2 is 1.61 bits per heavy atom. The first kappa shape index (κ1) is 18.3. The number of fused-ring (bicyclic) bond motifs is 2. The smallest absolute Gasteiger partial charge is 0.326 e. The Kier molecular flexibility index (Phi) is 4.90. The molecule has 2 aromatic heterocycles. The molecule has 4 aromatic rings. The van der Waals surface area contributed by atoms with Crippen LogP contribution >= 0.6 is 0 Å². The van der Waals surface area contributed by atoms with Crippen molar-refractivity contribution in [1.82, 2.24) is 18.7 Å². The van der Waals surface area contributed by atoms with Gasteiger partial charge in [-0.2, -0.15) is 0 Å². The molecule has 0 amide bonds. The number of aromatic nitrogens is 4. The lowest BCUT2D eigenvalue weighted by atomic mass is 10.1. The van der Waals surface area contributed by atoms with Crippen LogP contribution in [-0.2, 0) is 19.6 Å². The third kappa shape index (κ3) is 3.17. The Morgan fingerprint density at radius 3 is 2.29 bits per heavy atom. The van der Waals surface area contributed by atoms with Gasteiger partial charge in [0.15, 0.2) is 0 Å². The third-order valence-electron chi connectivity index (χ3n) is 5.20. The number of rotatable bonds is 7. The lowest BCUT2D eigenvalue weighted by Crippen LogP contribution is -2.25. The standard InChI is InChI=1S/C23H26N4O/c1-4-14-26-20-11-7-8-12-21(20)27(23(26)28)16-22-24-18-9-5-6-10-19(18)25(22)15-13-17(2)3/h4-12,17H,1,13-16H2,2-3H3. The van der Waals surface area contributed by atoms with E-state index >= 15 is 0 Å². The van der Waals surface area contributed by atoms with Crippen molar-refractivity contribution in [2.45, 2.75) is 39.9 Å². The zero-order valence-corrected chi connectivity index (χ0v) is 16.5. The molecule has 2 heterocycles. The van der Waals surface area contributed by atoms with E-state index in [0.717, 1.165) is 40.9 Å². The quantitative estimate of drug-likeness (QED) is 0.449. The molecular weight excluding hydrogens is 348 g/mol. The molecule has 28 heavy (non-hydrogen) atoms. The maximum Gasteiger partial charge on any atom is 0.329 e. The summed E-state index contributed by atoms with van der Waals surface area (Å²) in [5.74, 6) is 1.52. The summed E-state index contributed by atoms with van der Waals surface area (Å²) in [5, 5.41) is 0. The second kappa shape index (κ2) is 7.50. The molecule has 0 aliphatic carbocycles. The van der Waals surface area contributed by atoms with Crippen molar-refractivity contribution >= 4 is 22.1 Å². The van der Waals surface area contributed by atoms with Crippen molar-refractivity contribution in [3.63, 3.8) is 0 Å². The number of nitrogens with zero attached hydrogens (tertiary/aromatic N) is 4. The molecule has 0 unspecified atom stereocenters. The molecule has 0 atom stereocenters. The van der Waals surface area contributed by atoms with Crippen molar-refractivity contribution < 1.29 is 0 Å². The predicted octanol–water partition coefficient (Wildman–Crippen LogP) is 4.43. The Morgan fingerprint density at radius 1 is 0.964 bits per heavy atom. The van der Waals surface area contributed by atoms with E-state index in [1.165, 1.54) is 0 Å². The number of benzene rings is 2. The second-order valence-electron chi connectivity index (χ2n) is 7.61. The molecule has 0 bridgehead atoms. The molecule has 144 valence electrons. The highest BCUT2D eigenvalue weighted by Crippen LogP contribution is 2.20. The maximum atomic E-state index is 13.1. The van der Waals surface area contributed by atoms with Gasteiger partial charge in [-0.25, -0.2) is 9.78 Å². The van der Waals surface area contributed by atoms with E-state index in [0.29, 0.717) is 19.0 Å². The van der Waals surface area contributed by atoms with Gasteiger partial charge in [-0.3, -0.25) is 9.13 Å². The van der Waals surface area contributed by atoms with Gasteiger partial charge in [0, 0.05) is 13.1 Å². The molecule has 0 aliphatic rings. The third-order valence-corrected chi connectivity index (χ3v) is 5.20. The summed E-state index contributed by atoms with van der Waals surface area (Å²) in [7, 11) is 0. The van der Waals surface area contributed by atoms with E-state index in [2.05, 4.69) is 31.1 Å². The molecule has 0 saturated heterocycles. The van der Waals surface area contributed by atoms with Crippen LogP contribution in [0.3, 0.4) is 0 Å². The van der Waals surface area contributed by atoms with Crippen LogP contribution in [0.25, 0.3) is 22.1 Å². The highest BCUT2D eigenvalue weighted by molar-refractivity contribution is 5.77. The van der Waals surface area contributed by atoms with E-state index in [-0.39, 0.29) is 5.69 Å². The minimum Gasteiger partial charge on any atom is -0.326 e. The number of imidazole rings is 2. The van der Waals surface area contributed by atoms with Crippen LogP contribution < -0.4 is 5.69 Å². The van der Waals surface area contributed by atoms with Gasteiger partial charge in [-0.15, -0.1) is 6.58 Å². The first-order chi connectivity index (χ1) is 13.6. The lowest BCUT2D eigenvalue weighted by Gasteiger charge is -2.11. The molecular formula is C23H26N4O. The predicted molar refractivity (Wildman–Crippen MR) is 115 cm³/mol. The van der Waals surface area contributed by atoms with E-state index in [1.54, 1.807) is 10.6 Å². The molecule has 5 heteroatoms. The van der Waals surface area contributed by atoms with Gasteiger partial charge in [0.1, 0.15) is 5.82 Å². The number of allylic oxidation sites excluding steroid dienone is 1. The topological polar surface area (TPSA) is 44.8 Å². The lowest BCUT2D eigenvalue weighted by molar-refractivity contribution is 0.507. The summed E-state index contributed by atoms with van der Waals surface area (Å²) in [5.41, 5.74) is 3.93. The Hall–Kier alpha value is -3.08. The highest BCUT2D eigenvalue weighted by Gasteiger charge is 2.16. The Balaban J connectivity index is 1.85. The van der Waals surface area contributed by atoms with Crippen molar-refractivity contribution in [1.29, 1.82) is 0 Å². The number of aryl methyl sites for hydroxylation is 1. The van der Waals surface area contributed by atoms with Gasteiger partial charge in [0.25, 0.3) is 0 Å². The van der Waals surface area contributed by atoms with Crippen LogP contribution in [0, 0.1) is 5.92 Å². The van der Waals surface area contributed by atoms with Crippen LogP contribution in [0.2, 0.25) is 0 Å².